The van der Waals surface area contributed by atoms with E-state index in [2.05, 4.69) is 31.3 Å². The van der Waals surface area contributed by atoms with E-state index in [1.165, 1.54) is 19.3 Å². The van der Waals surface area contributed by atoms with Crippen molar-refractivity contribution in [1.82, 2.24) is 5.32 Å². The molecule has 0 aromatic carbocycles. The van der Waals surface area contributed by atoms with E-state index in [1.54, 1.807) is 6.08 Å². The quantitative estimate of drug-likeness (QED) is 0.0433. The Labute approximate surface area is 309 Å². The third kappa shape index (κ3) is 16.5. The Morgan fingerprint density at radius 3 is 1.88 bits per heavy atom. The molecule has 52 heavy (non-hydrogen) atoms. The van der Waals surface area contributed by atoms with Gasteiger partial charge in [-0.15, -0.1) is 0 Å². The molecule has 0 aromatic rings. The van der Waals surface area contributed by atoms with Crippen molar-refractivity contribution in [2.45, 2.75) is 190 Å². The van der Waals surface area contributed by atoms with E-state index in [0.717, 1.165) is 70.6 Å². The van der Waals surface area contributed by atoms with Gasteiger partial charge in [-0.2, -0.15) is 0 Å². The lowest BCUT2D eigenvalue weighted by molar-refractivity contribution is -0.359. The molecule has 2 fully saturated rings. The Morgan fingerprint density at radius 1 is 0.673 bits per heavy atom. The van der Waals surface area contributed by atoms with Crippen LogP contribution in [0.3, 0.4) is 0 Å². The van der Waals surface area contributed by atoms with Crippen LogP contribution in [0.4, 0.5) is 0 Å². The number of carbonyl (C=O) groups is 1. The van der Waals surface area contributed by atoms with E-state index < -0.39 is 86.8 Å². The van der Waals surface area contributed by atoms with Crippen LogP contribution in [0, 0.1) is 0 Å². The fourth-order valence-electron chi connectivity index (χ4n) is 6.27. The van der Waals surface area contributed by atoms with E-state index >= 15 is 0 Å². The second kappa shape index (κ2) is 27.1. The molecule has 12 unspecified atom stereocenters. The zero-order valence-corrected chi connectivity index (χ0v) is 31.3. The molecule has 0 bridgehead atoms. The third-order valence-corrected chi connectivity index (χ3v) is 9.63. The molecule has 0 spiro atoms. The number of hydrogen-bond acceptors (Lipinski definition) is 13. The number of hydrogen-bond donors (Lipinski definition) is 9. The molecule has 0 aliphatic carbocycles. The molecule has 1 amide bonds. The van der Waals surface area contributed by atoms with Crippen LogP contribution in [0.15, 0.2) is 24.3 Å². The molecule has 2 saturated heterocycles. The summed E-state index contributed by atoms with van der Waals surface area (Å²) in [5.41, 5.74) is 0. The number of carbonyl (C=O) groups excluding carboxylic acids is 1. The zero-order chi connectivity index (χ0) is 38.3. The molecule has 12 atom stereocenters. The van der Waals surface area contributed by atoms with Gasteiger partial charge in [0.2, 0.25) is 5.91 Å². The fourth-order valence-corrected chi connectivity index (χ4v) is 6.27. The van der Waals surface area contributed by atoms with Crippen LogP contribution >= 0.6 is 0 Å². The molecule has 14 nitrogen and oxygen atoms in total. The molecule has 9 N–H and O–H groups in total. The molecular weight excluding hydrogens is 678 g/mol. The largest absolute Gasteiger partial charge is 0.394 e. The van der Waals surface area contributed by atoms with Crippen molar-refractivity contribution in [2.75, 3.05) is 19.8 Å². The van der Waals surface area contributed by atoms with Crippen molar-refractivity contribution in [3.05, 3.63) is 24.3 Å². The highest BCUT2D eigenvalue weighted by atomic mass is 16.7. The van der Waals surface area contributed by atoms with Gasteiger partial charge in [0.1, 0.15) is 48.8 Å². The highest BCUT2D eigenvalue weighted by Crippen LogP contribution is 2.29. The third-order valence-electron chi connectivity index (χ3n) is 9.63. The first-order chi connectivity index (χ1) is 25.1. The van der Waals surface area contributed by atoms with E-state index in [-0.39, 0.29) is 18.9 Å². The van der Waals surface area contributed by atoms with Gasteiger partial charge in [0.25, 0.3) is 0 Å². The van der Waals surface area contributed by atoms with Crippen molar-refractivity contribution in [3.8, 4) is 0 Å². The molecule has 0 aromatic heterocycles. The van der Waals surface area contributed by atoms with Crippen molar-refractivity contribution < 1.29 is 64.6 Å². The van der Waals surface area contributed by atoms with E-state index in [4.69, 9.17) is 18.9 Å². The van der Waals surface area contributed by atoms with Gasteiger partial charge in [0, 0.05) is 6.42 Å². The smallest absolute Gasteiger partial charge is 0.220 e. The minimum atomic E-state index is -1.78. The van der Waals surface area contributed by atoms with Crippen LogP contribution in [0.2, 0.25) is 0 Å². The normalized spacial score (nSPS) is 31.0. The second-order valence-electron chi connectivity index (χ2n) is 14.1. The SMILES string of the molecule is CCCC/C=C\CCCCCCCC(=O)NC(COC1OC(CO)C(OC2OC(CO)C(O)C(O)C2O)C(O)C1O)C(O)/C=C/CCCCCCC. The number of amides is 1. The molecule has 0 saturated carbocycles. The highest BCUT2D eigenvalue weighted by Gasteiger charge is 2.50. The Kier molecular flexibility index (Phi) is 24.3. The molecule has 2 aliphatic rings. The van der Waals surface area contributed by atoms with Crippen LogP contribution < -0.4 is 5.32 Å². The van der Waals surface area contributed by atoms with Crippen molar-refractivity contribution in [2.24, 2.45) is 0 Å². The summed E-state index contributed by atoms with van der Waals surface area (Å²) in [6.07, 6.45) is 7.00. The molecule has 2 heterocycles. The lowest BCUT2D eigenvalue weighted by Gasteiger charge is -2.46. The first-order valence-electron chi connectivity index (χ1n) is 19.6. The van der Waals surface area contributed by atoms with Gasteiger partial charge in [-0.3, -0.25) is 4.79 Å². The van der Waals surface area contributed by atoms with E-state index in [9.17, 15) is 45.6 Å². The first kappa shape index (κ1) is 46.6. The standard InChI is InChI=1S/C38H69NO13/c1-3-5-7-9-11-12-13-14-16-18-20-22-30(43)39-26(27(42)21-19-17-15-10-8-6-4-2)25-49-37-35(48)33(46)36(29(24-41)51-37)52-38-34(47)32(45)31(44)28(23-40)50-38/h9,11,19,21,26-29,31-38,40-42,44-48H,3-8,10,12-18,20,22-25H2,1-2H3,(H,39,43)/b11-9-,21-19+. The second-order valence-corrected chi connectivity index (χ2v) is 14.1. The Hall–Kier alpha value is -1.53. The van der Waals surface area contributed by atoms with Gasteiger partial charge < -0.3 is 65.1 Å². The van der Waals surface area contributed by atoms with Crippen LogP contribution in [0.1, 0.15) is 117 Å². The molecule has 304 valence electrons. The van der Waals surface area contributed by atoms with Gasteiger partial charge in [0.05, 0.1) is 32.0 Å². The van der Waals surface area contributed by atoms with Crippen LogP contribution in [0.25, 0.3) is 0 Å². The van der Waals surface area contributed by atoms with Crippen molar-refractivity contribution >= 4 is 5.91 Å². The van der Waals surface area contributed by atoms with E-state index in [0.29, 0.717) is 6.42 Å². The first-order valence-corrected chi connectivity index (χ1v) is 19.6. The minimum absolute atomic E-state index is 0.258. The maximum absolute atomic E-state index is 12.9. The van der Waals surface area contributed by atoms with Crippen molar-refractivity contribution in [1.29, 1.82) is 0 Å². The number of aliphatic hydroxyl groups is 8. The Bertz CT molecular complexity index is 983. The number of rotatable bonds is 27. The number of ether oxygens (including phenoxy) is 4. The molecular formula is C38H69NO13. The molecule has 14 heteroatoms. The topological polar surface area (TPSA) is 228 Å². The summed E-state index contributed by atoms with van der Waals surface area (Å²) in [5.74, 6) is -0.258. The Morgan fingerprint density at radius 2 is 1.23 bits per heavy atom. The predicted molar refractivity (Wildman–Crippen MR) is 194 cm³/mol. The van der Waals surface area contributed by atoms with Gasteiger partial charge in [0.15, 0.2) is 12.6 Å². The lowest BCUT2D eigenvalue weighted by Crippen LogP contribution is -2.65. The number of allylic oxidation sites excluding steroid dienone is 3. The van der Waals surface area contributed by atoms with Gasteiger partial charge >= 0.3 is 0 Å². The average Bonchev–Trinajstić information content (AvgIpc) is 3.14. The summed E-state index contributed by atoms with van der Waals surface area (Å²) >= 11 is 0. The van der Waals surface area contributed by atoms with Gasteiger partial charge in [-0.25, -0.2) is 0 Å². The number of nitrogens with one attached hydrogen (secondary N) is 1. The lowest BCUT2D eigenvalue weighted by atomic mass is 9.97. The van der Waals surface area contributed by atoms with Gasteiger partial charge in [-0.1, -0.05) is 95.9 Å². The summed E-state index contributed by atoms with van der Waals surface area (Å²) in [4.78, 5) is 12.9. The number of unbranched alkanes of at least 4 members (excludes halogenated alkanes) is 12. The summed E-state index contributed by atoms with van der Waals surface area (Å²) < 4.78 is 22.5. The highest BCUT2D eigenvalue weighted by molar-refractivity contribution is 5.76. The Balaban J connectivity index is 1.96. The fraction of sp³-hybridized carbons (Fsp3) is 0.868. The predicted octanol–water partition coefficient (Wildman–Crippen LogP) is 1.87. The van der Waals surface area contributed by atoms with Crippen LogP contribution in [-0.4, -0.2) is 140 Å². The maximum Gasteiger partial charge on any atom is 0.220 e. The average molecular weight is 748 g/mol. The summed E-state index contributed by atoms with van der Waals surface area (Å²) in [6, 6.07) is -0.910. The van der Waals surface area contributed by atoms with E-state index in [1.807, 2.05) is 6.08 Å². The van der Waals surface area contributed by atoms with Crippen molar-refractivity contribution in [3.63, 3.8) is 0 Å². The number of aliphatic hydroxyl groups excluding tert-OH is 8. The maximum atomic E-state index is 12.9. The van der Waals surface area contributed by atoms with Gasteiger partial charge in [-0.05, 0) is 38.5 Å². The molecule has 2 rings (SSSR count). The van der Waals surface area contributed by atoms with Crippen LogP contribution in [-0.2, 0) is 23.7 Å². The minimum Gasteiger partial charge on any atom is -0.394 e. The monoisotopic (exact) mass is 747 g/mol. The summed E-state index contributed by atoms with van der Waals surface area (Å²) in [6.45, 7) is 2.62. The molecule has 2 aliphatic heterocycles. The summed E-state index contributed by atoms with van der Waals surface area (Å²) in [7, 11) is 0. The zero-order valence-electron chi connectivity index (χ0n) is 31.3. The van der Waals surface area contributed by atoms with Crippen LogP contribution in [0.5, 0.6) is 0 Å². The summed E-state index contributed by atoms with van der Waals surface area (Å²) in [5, 5.41) is 85.8. The molecule has 0 radical (unpaired) electrons.